The van der Waals surface area contributed by atoms with Gasteiger partial charge < -0.3 is 5.73 Å². The van der Waals surface area contributed by atoms with Crippen LogP contribution in [-0.4, -0.2) is 26.3 Å². The summed E-state index contributed by atoms with van der Waals surface area (Å²) in [7, 11) is -2.12. The molecule has 0 unspecified atom stereocenters. The van der Waals surface area contributed by atoms with E-state index >= 15 is 0 Å². The molecule has 0 saturated carbocycles. The van der Waals surface area contributed by atoms with Crippen LogP contribution in [0, 0.1) is 25.2 Å². The van der Waals surface area contributed by atoms with Gasteiger partial charge in [-0.15, -0.1) is 0 Å². The van der Waals surface area contributed by atoms with E-state index in [1.54, 1.807) is 26.0 Å². The second kappa shape index (κ2) is 5.38. The van der Waals surface area contributed by atoms with Crippen LogP contribution in [0.15, 0.2) is 17.0 Å². The quantitative estimate of drug-likeness (QED) is 0.836. The maximum atomic E-state index is 12.3. The van der Waals surface area contributed by atoms with Crippen LogP contribution in [0.5, 0.6) is 0 Å². The lowest BCUT2D eigenvalue weighted by molar-refractivity contribution is 0.476. The van der Waals surface area contributed by atoms with Gasteiger partial charge in [-0.05, 0) is 37.1 Å². The van der Waals surface area contributed by atoms with Crippen LogP contribution < -0.4 is 5.73 Å². The minimum Gasteiger partial charge on any atom is -0.398 e. The maximum Gasteiger partial charge on any atom is 0.243 e. The van der Waals surface area contributed by atoms with Crippen molar-refractivity contribution >= 4 is 15.7 Å². The average Bonchev–Trinajstić information content (AvgIpc) is 2.30. The van der Waals surface area contributed by atoms with Crippen LogP contribution in [0.3, 0.4) is 0 Å². The predicted molar refractivity (Wildman–Crippen MR) is 70.4 cm³/mol. The van der Waals surface area contributed by atoms with E-state index in [1.165, 1.54) is 11.4 Å². The highest BCUT2D eigenvalue weighted by atomic mass is 32.2. The van der Waals surface area contributed by atoms with Gasteiger partial charge in [0.25, 0.3) is 0 Å². The number of nitrogens with zero attached hydrogens (tertiary/aromatic N) is 2. The number of aryl methyl sites for hydroxylation is 1. The number of nitrogen functional groups attached to an aromatic ring is 1. The van der Waals surface area contributed by atoms with E-state index in [4.69, 9.17) is 11.0 Å². The SMILES string of the molecule is Cc1cc(N)c(C)c(S(=O)(=O)N(C)CCC#N)c1. The second-order valence-electron chi connectivity index (χ2n) is 4.21. The Morgan fingerprint density at radius 1 is 1.39 bits per heavy atom. The third kappa shape index (κ3) is 2.81. The van der Waals surface area contributed by atoms with Crippen LogP contribution >= 0.6 is 0 Å². The first-order chi connectivity index (χ1) is 8.30. The fourth-order valence-electron chi connectivity index (χ4n) is 1.62. The fraction of sp³-hybridized carbons (Fsp3) is 0.417. The molecule has 0 amide bonds. The van der Waals surface area contributed by atoms with Gasteiger partial charge in [0, 0.05) is 25.7 Å². The Balaban J connectivity index is 3.25. The average molecular weight is 267 g/mol. The van der Waals surface area contributed by atoms with Gasteiger partial charge >= 0.3 is 0 Å². The monoisotopic (exact) mass is 267 g/mol. The zero-order valence-corrected chi connectivity index (χ0v) is 11.6. The summed E-state index contributed by atoms with van der Waals surface area (Å²) in [6.07, 6.45) is 0.163. The van der Waals surface area contributed by atoms with Gasteiger partial charge in [0.2, 0.25) is 10.0 Å². The van der Waals surface area contributed by atoms with Gasteiger partial charge in [0.15, 0.2) is 0 Å². The number of nitrogens with two attached hydrogens (primary N) is 1. The lowest BCUT2D eigenvalue weighted by Crippen LogP contribution is -2.28. The number of anilines is 1. The highest BCUT2D eigenvalue weighted by molar-refractivity contribution is 7.89. The van der Waals surface area contributed by atoms with Crippen LogP contribution in [0.4, 0.5) is 5.69 Å². The molecule has 0 radical (unpaired) electrons. The van der Waals surface area contributed by atoms with Crippen molar-refractivity contribution in [3.8, 4) is 6.07 Å². The van der Waals surface area contributed by atoms with Gasteiger partial charge in [-0.3, -0.25) is 0 Å². The van der Waals surface area contributed by atoms with Crippen molar-refractivity contribution in [2.24, 2.45) is 0 Å². The van der Waals surface area contributed by atoms with E-state index in [1.807, 2.05) is 6.07 Å². The predicted octanol–water partition coefficient (Wildman–Crippen LogP) is 1.42. The summed E-state index contributed by atoms with van der Waals surface area (Å²) in [6.45, 7) is 3.65. The Bertz CT molecular complexity index is 588. The Hall–Kier alpha value is -1.58. The Morgan fingerprint density at radius 3 is 2.56 bits per heavy atom. The second-order valence-corrected chi connectivity index (χ2v) is 6.23. The van der Waals surface area contributed by atoms with Crippen molar-refractivity contribution < 1.29 is 8.42 Å². The minimum absolute atomic E-state index is 0.163. The van der Waals surface area contributed by atoms with Crippen molar-refractivity contribution in [1.29, 1.82) is 5.26 Å². The maximum absolute atomic E-state index is 12.3. The first kappa shape index (κ1) is 14.5. The van der Waals surface area contributed by atoms with Crippen LogP contribution in [0.2, 0.25) is 0 Å². The Kier molecular flexibility index (Phi) is 4.33. The third-order valence-electron chi connectivity index (χ3n) is 2.77. The highest BCUT2D eigenvalue weighted by Gasteiger charge is 2.23. The fourth-order valence-corrected chi connectivity index (χ4v) is 3.12. The first-order valence-electron chi connectivity index (χ1n) is 5.50. The zero-order valence-electron chi connectivity index (χ0n) is 10.8. The number of hydrogen-bond acceptors (Lipinski definition) is 4. The first-order valence-corrected chi connectivity index (χ1v) is 6.94. The van der Waals surface area contributed by atoms with E-state index in [-0.39, 0.29) is 17.9 Å². The van der Waals surface area contributed by atoms with Gasteiger partial charge in [-0.25, -0.2) is 8.42 Å². The molecule has 0 aromatic heterocycles. The topological polar surface area (TPSA) is 87.2 Å². The molecule has 0 aliphatic carbocycles. The molecule has 0 heterocycles. The van der Waals surface area contributed by atoms with Crippen LogP contribution in [-0.2, 0) is 10.0 Å². The van der Waals surface area contributed by atoms with Crippen molar-refractivity contribution in [2.45, 2.75) is 25.2 Å². The number of nitriles is 1. The van der Waals surface area contributed by atoms with Crippen LogP contribution in [0.25, 0.3) is 0 Å². The molecule has 1 rings (SSSR count). The third-order valence-corrected chi connectivity index (χ3v) is 4.75. The number of benzene rings is 1. The molecule has 0 spiro atoms. The van der Waals surface area contributed by atoms with Gasteiger partial charge in [-0.1, -0.05) is 0 Å². The molecule has 1 aromatic carbocycles. The summed E-state index contributed by atoms with van der Waals surface area (Å²) in [5.74, 6) is 0. The van der Waals surface area contributed by atoms with E-state index in [0.29, 0.717) is 11.3 Å². The lowest BCUT2D eigenvalue weighted by atomic mass is 10.1. The summed E-state index contributed by atoms with van der Waals surface area (Å²) in [6, 6.07) is 5.27. The van der Waals surface area contributed by atoms with Crippen molar-refractivity contribution in [1.82, 2.24) is 4.31 Å². The molecule has 18 heavy (non-hydrogen) atoms. The van der Waals surface area contributed by atoms with E-state index in [0.717, 1.165) is 5.56 Å². The summed E-state index contributed by atoms with van der Waals surface area (Å²) in [5.41, 5.74) is 7.59. The smallest absolute Gasteiger partial charge is 0.243 e. The standard InChI is InChI=1S/C12H17N3O2S/c1-9-7-11(14)10(2)12(8-9)18(16,17)15(3)6-4-5-13/h7-8H,4,6,14H2,1-3H3. The molecular formula is C12H17N3O2S. The normalized spacial score (nSPS) is 11.5. The lowest BCUT2D eigenvalue weighted by Gasteiger charge is -2.18. The van der Waals surface area contributed by atoms with Gasteiger partial charge in [0.05, 0.1) is 11.0 Å². The zero-order chi connectivity index (χ0) is 13.9. The number of sulfonamides is 1. The summed E-state index contributed by atoms with van der Waals surface area (Å²) >= 11 is 0. The molecule has 0 bridgehead atoms. The molecule has 0 fully saturated rings. The van der Waals surface area contributed by atoms with Gasteiger partial charge in [0.1, 0.15) is 0 Å². The van der Waals surface area contributed by atoms with E-state index in [9.17, 15) is 8.42 Å². The Morgan fingerprint density at radius 2 is 2.00 bits per heavy atom. The van der Waals surface area contributed by atoms with Gasteiger partial charge in [-0.2, -0.15) is 9.57 Å². The molecule has 6 heteroatoms. The minimum atomic E-state index is -3.58. The molecule has 0 aliphatic heterocycles. The van der Waals surface area contributed by atoms with E-state index in [2.05, 4.69) is 0 Å². The molecule has 0 saturated heterocycles. The Labute approximate surface area is 108 Å². The van der Waals surface area contributed by atoms with Crippen molar-refractivity contribution in [3.63, 3.8) is 0 Å². The molecule has 0 atom stereocenters. The summed E-state index contributed by atoms with van der Waals surface area (Å²) < 4.78 is 25.8. The molecule has 2 N–H and O–H groups in total. The molecule has 0 aliphatic rings. The van der Waals surface area contributed by atoms with Crippen LogP contribution in [0.1, 0.15) is 17.5 Å². The van der Waals surface area contributed by atoms with Crippen molar-refractivity contribution in [2.75, 3.05) is 19.3 Å². The number of hydrogen-bond donors (Lipinski definition) is 1. The largest absolute Gasteiger partial charge is 0.398 e. The highest BCUT2D eigenvalue weighted by Crippen LogP contribution is 2.25. The number of rotatable bonds is 4. The molecule has 98 valence electrons. The molecule has 5 nitrogen and oxygen atoms in total. The van der Waals surface area contributed by atoms with Crippen molar-refractivity contribution in [3.05, 3.63) is 23.3 Å². The molecular weight excluding hydrogens is 250 g/mol. The van der Waals surface area contributed by atoms with E-state index < -0.39 is 10.0 Å². The summed E-state index contributed by atoms with van der Waals surface area (Å²) in [5, 5.41) is 8.50. The molecule has 1 aromatic rings. The summed E-state index contributed by atoms with van der Waals surface area (Å²) in [4.78, 5) is 0.209.